The van der Waals surface area contributed by atoms with Crippen LogP contribution in [0.2, 0.25) is 0 Å². The van der Waals surface area contributed by atoms with Crippen molar-refractivity contribution in [2.45, 2.75) is 56.5 Å². The molecule has 1 aromatic carbocycles. The molecule has 0 aliphatic carbocycles. The molecule has 2 fully saturated rings. The molecule has 0 aromatic heterocycles. The SMILES string of the molecule is O=C(O)N1CCCC1C(O)CN(Cc1ccccc1)CC(O)[C@@H]1CCCN1C(=O)O. The molecule has 4 N–H and O–H groups in total. The van der Waals surface area contributed by atoms with E-state index in [0.717, 1.165) is 5.56 Å². The highest BCUT2D eigenvalue weighted by molar-refractivity contribution is 5.66. The van der Waals surface area contributed by atoms with Crippen LogP contribution in [0.1, 0.15) is 31.2 Å². The number of likely N-dealkylation sites (tertiary alicyclic amines) is 2. The van der Waals surface area contributed by atoms with E-state index in [4.69, 9.17) is 0 Å². The molecular weight excluding hydrogens is 390 g/mol. The molecule has 0 bridgehead atoms. The van der Waals surface area contributed by atoms with Gasteiger partial charge in [0.15, 0.2) is 0 Å². The van der Waals surface area contributed by atoms with Gasteiger partial charge in [0.1, 0.15) is 0 Å². The molecule has 4 atom stereocenters. The van der Waals surface area contributed by atoms with Crippen LogP contribution in [0.3, 0.4) is 0 Å². The van der Waals surface area contributed by atoms with Crippen LogP contribution in [0.15, 0.2) is 30.3 Å². The minimum absolute atomic E-state index is 0.195. The van der Waals surface area contributed by atoms with Gasteiger partial charge in [-0.15, -0.1) is 0 Å². The number of benzene rings is 1. The number of rotatable bonds is 8. The summed E-state index contributed by atoms with van der Waals surface area (Å²) >= 11 is 0. The van der Waals surface area contributed by atoms with E-state index in [1.165, 1.54) is 9.80 Å². The lowest BCUT2D eigenvalue weighted by Crippen LogP contribution is -2.51. The Morgan fingerprint density at radius 2 is 1.37 bits per heavy atom. The van der Waals surface area contributed by atoms with Crippen LogP contribution in [0.25, 0.3) is 0 Å². The zero-order valence-corrected chi connectivity index (χ0v) is 17.0. The van der Waals surface area contributed by atoms with Crippen molar-refractivity contribution in [3.63, 3.8) is 0 Å². The van der Waals surface area contributed by atoms with Crippen molar-refractivity contribution >= 4 is 12.2 Å². The van der Waals surface area contributed by atoms with E-state index in [0.29, 0.717) is 45.3 Å². The van der Waals surface area contributed by atoms with Gasteiger partial charge < -0.3 is 30.2 Å². The van der Waals surface area contributed by atoms with Crippen LogP contribution in [0.5, 0.6) is 0 Å². The van der Waals surface area contributed by atoms with Crippen molar-refractivity contribution in [1.29, 1.82) is 0 Å². The maximum absolute atomic E-state index is 11.4. The largest absolute Gasteiger partial charge is 0.465 e. The summed E-state index contributed by atoms with van der Waals surface area (Å²) in [7, 11) is 0. The van der Waals surface area contributed by atoms with E-state index in [2.05, 4.69) is 0 Å². The normalized spacial score (nSPS) is 23.7. The third kappa shape index (κ3) is 5.41. The Balaban J connectivity index is 1.70. The lowest BCUT2D eigenvalue weighted by molar-refractivity contribution is 0.00725. The summed E-state index contributed by atoms with van der Waals surface area (Å²) in [6.07, 6.45) is -1.22. The molecule has 2 heterocycles. The molecule has 0 spiro atoms. The first-order valence-electron chi connectivity index (χ1n) is 10.5. The molecule has 0 radical (unpaired) electrons. The molecule has 2 saturated heterocycles. The summed E-state index contributed by atoms with van der Waals surface area (Å²) in [6.45, 7) is 1.68. The van der Waals surface area contributed by atoms with Gasteiger partial charge in [-0.25, -0.2) is 9.59 Å². The molecular formula is C21H31N3O6. The molecule has 9 nitrogen and oxygen atoms in total. The fourth-order valence-corrected chi connectivity index (χ4v) is 4.68. The van der Waals surface area contributed by atoms with Crippen LogP contribution in [0, 0.1) is 0 Å². The Labute approximate surface area is 176 Å². The highest BCUT2D eigenvalue weighted by Crippen LogP contribution is 2.24. The summed E-state index contributed by atoms with van der Waals surface area (Å²) < 4.78 is 0. The van der Waals surface area contributed by atoms with E-state index >= 15 is 0 Å². The fraction of sp³-hybridized carbons (Fsp3) is 0.619. The molecule has 3 unspecified atom stereocenters. The highest BCUT2D eigenvalue weighted by atomic mass is 16.4. The van der Waals surface area contributed by atoms with Crippen molar-refractivity contribution in [1.82, 2.24) is 14.7 Å². The minimum Gasteiger partial charge on any atom is -0.465 e. The van der Waals surface area contributed by atoms with Gasteiger partial charge >= 0.3 is 12.2 Å². The average Bonchev–Trinajstić information content (AvgIpc) is 3.38. The lowest BCUT2D eigenvalue weighted by Gasteiger charge is -2.34. The van der Waals surface area contributed by atoms with Crippen molar-refractivity contribution in [3.8, 4) is 0 Å². The number of hydrogen-bond acceptors (Lipinski definition) is 5. The summed E-state index contributed by atoms with van der Waals surface area (Å²) in [5, 5.41) is 40.3. The van der Waals surface area contributed by atoms with Gasteiger partial charge in [0.2, 0.25) is 0 Å². The third-order valence-electron chi connectivity index (χ3n) is 6.12. The molecule has 2 aliphatic rings. The Kier molecular flexibility index (Phi) is 7.52. The fourth-order valence-electron chi connectivity index (χ4n) is 4.68. The van der Waals surface area contributed by atoms with Crippen molar-refractivity contribution < 1.29 is 30.0 Å². The Hall–Kier alpha value is -2.36. The molecule has 2 amide bonds. The van der Waals surface area contributed by atoms with Crippen LogP contribution in [-0.4, -0.2) is 97.8 Å². The van der Waals surface area contributed by atoms with E-state index in [9.17, 15) is 30.0 Å². The van der Waals surface area contributed by atoms with Gasteiger partial charge in [-0.2, -0.15) is 0 Å². The Morgan fingerprint density at radius 1 is 0.900 bits per heavy atom. The zero-order chi connectivity index (χ0) is 21.7. The standard InChI is InChI=1S/C21H31N3O6/c25-18(16-8-4-10-23(16)20(27)28)13-22(12-15-6-2-1-3-7-15)14-19(26)17-9-5-11-24(17)21(29)30/h1-3,6-7,16-19,25-26H,4-5,8-14H2,(H,27,28)(H,29,30)/t16-,17?,18?,19?/m0/s1. The number of aliphatic hydroxyl groups is 2. The van der Waals surface area contributed by atoms with Crippen molar-refractivity contribution in [3.05, 3.63) is 35.9 Å². The van der Waals surface area contributed by atoms with Gasteiger partial charge in [0, 0.05) is 32.7 Å². The Morgan fingerprint density at radius 3 is 1.80 bits per heavy atom. The second kappa shape index (κ2) is 10.1. The molecule has 166 valence electrons. The first-order valence-corrected chi connectivity index (χ1v) is 10.5. The topological polar surface area (TPSA) is 125 Å². The predicted octanol–water partition coefficient (Wildman–Crippen LogP) is 1.50. The van der Waals surface area contributed by atoms with Crippen LogP contribution in [-0.2, 0) is 6.54 Å². The summed E-state index contributed by atoms with van der Waals surface area (Å²) in [5.41, 5.74) is 1.000. The van der Waals surface area contributed by atoms with Gasteiger partial charge in [0.05, 0.1) is 24.3 Å². The zero-order valence-electron chi connectivity index (χ0n) is 17.0. The average molecular weight is 421 g/mol. The summed E-state index contributed by atoms with van der Waals surface area (Å²) in [4.78, 5) is 27.3. The van der Waals surface area contributed by atoms with E-state index in [1.807, 2.05) is 35.2 Å². The minimum atomic E-state index is -1.03. The number of aliphatic hydroxyl groups excluding tert-OH is 2. The van der Waals surface area contributed by atoms with E-state index in [1.54, 1.807) is 0 Å². The molecule has 3 rings (SSSR count). The first kappa shape index (κ1) is 22.3. The molecule has 9 heteroatoms. The monoisotopic (exact) mass is 421 g/mol. The van der Waals surface area contributed by atoms with Crippen molar-refractivity contribution in [2.24, 2.45) is 0 Å². The quantitative estimate of drug-likeness (QED) is 0.501. The number of carbonyl (C=O) groups is 2. The molecule has 30 heavy (non-hydrogen) atoms. The molecule has 0 saturated carbocycles. The molecule has 2 aliphatic heterocycles. The second-order valence-corrected chi connectivity index (χ2v) is 8.19. The van der Waals surface area contributed by atoms with Gasteiger partial charge in [-0.3, -0.25) is 4.90 Å². The van der Waals surface area contributed by atoms with Crippen LogP contribution < -0.4 is 0 Å². The third-order valence-corrected chi connectivity index (χ3v) is 6.12. The van der Waals surface area contributed by atoms with Crippen LogP contribution in [0.4, 0.5) is 9.59 Å². The highest BCUT2D eigenvalue weighted by Gasteiger charge is 2.37. The smallest absolute Gasteiger partial charge is 0.407 e. The maximum atomic E-state index is 11.4. The summed E-state index contributed by atoms with van der Waals surface area (Å²) in [6, 6.07) is 8.68. The Bertz CT molecular complexity index is 678. The van der Waals surface area contributed by atoms with Crippen molar-refractivity contribution in [2.75, 3.05) is 26.2 Å². The number of hydrogen-bond donors (Lipinski definition) is 4. The second-order valence-electron chi connectivity index (χ2n) is 8.19. The lowest BCUT2D eigenvalue weighted by atomic mass is 10.0. The van der Waals surface area contributed by atoms with Gasteiger partial charge in [-0.05, 0) is 31.2 Å². The van der Waals surface area contributed by atoms with Gasteiger partial charge in [-0.1, -0.05) is 30.3 Å². The number of amides is 2. The number of nitrogens with zero attached hydrogens (tertiary/aromatic N) is 3. The van der Waals surface area contributed by atoms with E-state index < -0.39 is 36.5 Å². The first-order chi connectivity index (χ1) is 14.4. The predicted molar refractivity (Wildman–Crippen MR) is 109 cm³/mol. The van der Waals surface area contributed by atoms with E-state index in [-0.39, 0.29) is 13.1 Å². The molecule has 1 aromatic rings. The van der Waals surface area contributed by atoms with Crippen LogP contribution >= 0.6 is 0 Å². The number of carboxylic acid groups (broad SMARTS) is 2. The van der Waals surface area contributed by atoms with Gasteiger partial charge in [0.25, 0.3) is 0 Å². The maximum Gasteiger partial charge on any atom is 0.407 e. The summed E-state index contributed by atoms with van der Waals surface area (Å²) in [5.74, 6) is 0.